The quantitative estimate of drug-likeness (QED) is 0.228. The summed E-state index contributed by atoms with van der Waals surface area (Å²) in [5.41, 5.74) is 1.59. The number of carbonyl (C=O) groups is 3. The molecule has 0 aliphatic rings. The molecule has 2 rings (SSSR count). The molecule has 0 saturated carbocycles. The van der Waals surface area contributed by atoms with Gasteiger partial charge in [0.2, 0.25) is 11.8 Å². The summed E-state index contributed by atoms with van der Waals surface area (Å²) in [4.78, 5) is 39.1. The first-order chi connectivity index (χ1) is 18.0. The van der Waals surface area contributed by atoms with Crippen molar-refractivity contribution in [2.75, 3.05) is 0 Å². The molecule has 206 valence electrons. The smallest absolute Gasteiger partial charge is 0.445 e. The second-order valence-corrected chi connectivity index (χ2v) is 10.9. The van der Waals surface area contributed by atoms with Crippen LogP contribution in [-0.2, 0) is 27.4 Å². The van der Waals surface area contributed by atoms with Crippen molar-refractivity contribution in [3.8, 4) is 0 Å². The minimum absolute atomic E-state index is 0.0381. The zero-order chi connectivity index (χ0) is 28.2. The van der Waals surface area contributed by atoms with Gasteiger partial charge in [0.15, 0.2) is 0 Å². The first-order valence-electron chi connectivity index (χ1n) is 12.6. The van der Waals surface area contributed by atoms with Crippen molar-refractivity contribution in [3.63, 3.8) is 0 Å². The average molecular weight is 590 g/mol. The van der Waals surface area contributed by atoms with E-state index in [1.165, 1.54) is 0 Å². The van der Waals surface area contributed by atoms with Gasteiger partial charge in [0.1, 0.15) is 18.7 Å². The second-order valence-electron chi connectivity index (χ2n) is 9.98. The van der Waals surface area contributed by atoms with Crippen LogP contribution < -0.4 is 16.0 Å². The summed E-state index contributed by atoms with van der Waals surface area (Å²) in [5, 5.41) is 27.4. The standard InChI is InChI=1S/C27H37BBrN3O6/c1-17(2)13-22(26(34)32-24(18(3)4)28(36)37)30-25(33)23(15-20-11-8-12-21(29)14-20)31-27(35)38-16-19-9-6-5-7-10-19/h5-12,14,17-18,22-24,36-37H,13,15-16H2,1-4H3,(H,30,33)(H,31,35)(H,32,34)/t22-,23-,24-/m0/s1. The number of halogens is 1. The van der Waals surface area contributed by atoms with Crippen LogP contribution in [0.25, 0.3) is 0 Å². The molecule has 0 aromatic heterocycles. The molecule has 0 spiro atoms. The summed E-state index contributed by atoms with van der Waals surface area (Å²) in [6.07, 6.45) is -0.297. The molecule has 9 nitrogen and oxygen atoms in total. The first kappa shape index (κ1) is 31.3. The summed E-state index contributed by atoms with van der Waals surface area (Å²) < 4.78 is 6.14. The van der Waals surface area contributed by atoms with E-state index in [1.54, 1.807) is 13.8 Å². The lowest BCUT2D eigenvalue weighted by Crippen LogP contribution is -2.58. The molecule has 38 heavy (non-hydrogen) atoms. The summed E-state index contributed by atoms with van der Waals surface area (Å²) in [6.45, 7) is 7.35. The fraction of sp³-hybridized carbons (Fsp3) is 0.444. The van der Waals surface area contributed by atoms with E-state index in [1.807, 2.05) is 68.4 Å². The summed E-state index contributed by atoms with van der Waals surface area (Å²) >= 11 is 3.42. The Morgan fingerprint density at radius 3 is 2.08 bits per heavy atom. The van der Waals surface area contributed by atoms with Crippen LogP contribution in [0.3, 0.4) is 0 Å². The lowest BCUT2D eigenvalue weighted by Gasteiger charge is -2.27. The Morgan fingerprint density at radius 1 is 0.868 bits per heavy atom. The zero-order valence-corrected chi connectivity index (χ0v) is 23.8. The Labute approximate surface area is 233 Å². The van der Waals surface area contributed by atoms with Crippen LogP contribution >= 0.6 is 15.9 Å². The molecule has 0 radical (unpaired) electrons. The highest BCUT2D eigenvalue weighted by atomic mass is 79.9. The summed E-state index contributed by atoms with van der Waals surface area (Å²) in [5.74, 6) is -2.20. The molecule has 2 aromatic rings. The van der Waals surface area contributed by atoms with Gasteiger partial charge in [-0.1, -0.05) is 86.1 Å². The number of benzene rings is 2. The molecule has 2 aromatic carbocycles. The summed E-state index contributed by atoms with van der Waals surface area (Å²) in [6, 6.07) is 14.5. The van der Waals surface area contributed by atoms with Crippen LogP contribution in [-0.4, -0.2) is 53.1 Å². The van der Waals surface area contributed by atoms with E-state index >= 15 is 0 Å². The van der Waals surface area contributed by atoms with E-state index < -0.39 is 43.1 Å². The number of amides is 3. The molecule has 0 bridgehead atoms. The Hall–Kier alpha value is -2.89. The van der Waals surface area contributed by atoms with Gasteiger partial charge < -0.3 is 30.7 Å². The molecule has 0 aliphatic heterocycles. The van der Waals surface area contributed by atoms with Gasteiger partial charge in [-0.25, -0.2) is 4.79 Å². The highest BCUT2D eigenvalue weighted by molar-refractivity contribution is 9.10. The SMILES string of the molecule is CC(C)C[C@H](NC(=O)[C@H](Cc1cccc(Br)c1)NC(=O)OCc1ccccc1)C(=O)N[C@H](B(O)O)C(C)C. The van der Waals surface area contributed by atoms with Crippen LogP contribution in [0.4, 0.5) is 4.79 Å². The molecule has 0 heterocycles. The lowest BCUT2D eigenvalue weighted by atomic mass is 9.73. The van der Waals surface area contributed by atoms with Gasteiger partial charge in [0.25, 0.3) is 0 Å². The maximum atomic E-state index is 13.4. The molecule has 0 fully saturated rings. The van der Waals surface area contributed by atoms with Crippen molar-refractivity contribution >= 4 is 41.0 Å². The predicted molar refractivity (Wildman–Crippen MR) is 150 cm³/mol. The number of nitrogens with one attached hydrogen (secondary N) is 3. The van der Waals surface area contributed by atoms with Gasteiger partial charge in [0.05, 0.1) is 5.94 Å². The minimum atomic E-state index is -1.75. The van der Waals surface area contributed by atoms with Crippen LogP contribution in [0, 0.1) is 11.8 Å². The van der Waals surface area contributed by atoms with Gasteiger partial charge in [-0.2, -0.15) is 0 Å². The van der Waals surface area contributed by atoms with Crippen molar-refractivity contribution in [1.82, 2.24) is 16.0 Å². The molecule has 0 aliphatic carbocycles. The first-order valence-corrected chi connectivity index (χ1v) is 13.4. The molecule has 11 heteroatoms. The predicted octanol–water partition coefficient (Wildman–Crippen LogP) is 2.97. The van der Waals surface area contributed by atoms with Crippen molar-refractivity contribution in [2.45, 2.75) is 65.2 Å². The van der Waals surface area contributed by atoms with Crippen LogP contribution in [0.15, 0.2) is 59.1 Å². The topological polar surface area (TPSA) is 137 Å². The number of hydrogen-bond donors (Lipinski definition) is 5. The van der Waals surface area contributed by atoms with Crippen molar-refractivity contribution < 1.29 is 29.2 Å². The molecule has 0 unspecified atom stereocenters. The highest BCUT2D eigenvalue weighted by Crippen LogP contribution is 2.14. The van der Waals surface area contributed by atoms with E-state index in [0.717, 1.165) is 15.6 Å². The third-order valence-electron chi connectivity index (χ3n) is 5.84. The molecular weight excluding hydrogens is 553 g/mol. The zero-order valence-electron chi connectivity index (χ0n) is 22.2. The normalized spacial score (nSPS) is 13.4. The van der Waals surface area contributed by atoms with E-state index in [-0.39, 0.29) is 24.9 Å². The van der Waals surface area contributed by atoms with E-state index in [9.17, 15) is 24.4 Å². The molecular formula is C27H37BBrN3O6. The van der Waals surface area contributed by atoms with Gasteiger partial charge in [-0.15, -0.1) is 0 Å². The number of alkyl carbamates (subject to hydrolysis) is 1. The van der Waals surface area contributed by atoms with Gasteiger partial charge in [0, 0.05) is 10.9 Å². The fourth-order valence-electron chi connectivity index (χ4n) is 3.84. The maximum Gasteiger partial charge on any atom is 0.475 e. The van der Waals surface area contributed by atoms with E-state index in [4.69, 9.17) is 4.74 Å². The molecule has 3 atom stereocenters. The molecule has 3 amide bonds. The van der Waals surface area contributed by atoms with E-state index in [2.05, 4.69) is 31.9 Å². The van der Waals surface area contributed by atoms with Crippen LogP contribution in [0.5, 0.6) is 0 Å². The number of rotatable bonds is 13. The minimum Gasteiger partial charge on any atom is -0.445 e. The van der Waals surface area contributed by atoms with Gasteiger partial charge in [-0.05, 0) is 41.5 Å². The average Bonchev–Trinajstić information content (AvgIpc) is 2.85. The Bertz CT molecular complexity index is 1050. The third kappa shape index (κ3) is 10.8. The highest BCUT2D eigenvalue weighted by Gasteiger charge is 2.33. The lowest BCUT2D eigenvalue weighted by molar-refractivity contribution is -0.130. The Balaban J connectivity index is 2.19. The fourth-order valence-corrected chi connectivity index (χ4v) is 4.29. The van der Waals surface area contributed by atoms with Crippen molar-refractivity contribution in [3.05, 3.63) is 70.2 Å². The maximum absolute atomic E-state index is 13.4. The molecule has 5 N–H and O–H groups in total. The monoisotopic (exact) mass is 589 g/mol. The second kappa shape index (κ2) is 15.5. The molecule has 0 saturated heterocycles. The summed E-state index contributed by atoms with van der Waals surface area (Å²) in [7, 11) is -1.75. The number of carbonyl (C=O) groups excluding carboxylic acids is 3. The van der Waals surface area contributed by atoms with Crippen LogP contribution in [0.1, 0.15) is 45.2 Å². The van der Waals surface area contributed by atoms with Crippen LogP contribution in [0.2, 0.25) is 0 Å². The van der Waals surface area contributed by atoms with Crippen molar-refractivity contribution in [1.29, 1.82) is 0 Å². The van der Waals surface area contributed by atoms with Gasteiger partial charge in [-0.3, -0.25) is 9.59 Å². The van der Waals surface area contributed by atoms with Crippen molar-refractivity contribution in [2.24, 2.45) is 11.8 Å². The van der Waals surface area contributed by atoms with E-state index in [0.29, 0.717) is 6.42 Å². The third-order valence-corrected chi connectivity index (χ3v) is 6.33. The Morgan fingerprint density at radius 2 is 1.50 bits per heavy atom. The van der Waals surface area contributed by atoms with Gasteiger partial charge >= 0.3 is 13.2 Å². The number of ether oxygens (including phenoxy) is 1. The largest absolute Gasteiger partial charge is 0.475 e. The number of hydrogen-bond acceptors (Lipinski definition) is 6. The Kier molecular flexibility index (Phi) is 12.8.